The number of aromatic nitrogens is 1. The van der Waals surface area contributed by atoms with Crippen molar-refractivity contribution in [2.45, 2.75) is 21.4 Å². The van der Waals surface area contributed by atoms with E-state index in [1.54, 1.807) is 36.1 Å². The number of nitrogens with two attached hydrogens (primary N) is 1. The number of guanidine groups is 1. The Kier molecular flexibility index (Phi) is 4.36. The van der Waals surface area contributed by atoms with Crippen LogP contribution in [0.1, 0.15) is 11.1 Å². The van der Waals surface area contributed by atoms with Crippen LogP contribution in [-0.4, -0.2) is 56.9 Å². The molecular weight excluding hydrogens is 378 g/mol. The molecule has 1 saturated heterocycles. The molecule has 6 nitrogen and oxygen atoms in total. The van der Waals surface area contributed by atoms with Gasteiger partial charge in [-0.2, -0.15) is 5.26 Å². The van der Waals surface area contributed by atoms with E-state index in [2.05, 4.69) is 11.1 Å². The van der Waals surface area contributed by atoms with Crippen molar-refractivity contribution in [3.63, 3.8) is 0 Å². The Morgan fingerprint density at radius 1 is 1.52 bits per heavy atom. The van der Waals surface area contributed by atoms with Crippen LogP contribution in [0.25, 0.3) is 4.91 Å². The lowest BCUT2D eigenvalue weighted by molar-refractivity contribution is 0.178. The maximum absolute atomic E-state index is 9.09. The van der Waals surface area contributed by atoms with E-state index in [1.807, 2.05) is 23.5 Å². The lowest BCUT2D eigenvalue weighted by atomic mass is 9.91. The molecule has 0 saturated carbocycles. The first-order valence-corrected chi connectivity index (χ1v) is 9.90. The van der Waals surface area contributed by atoms with E-state index in [0.717, 1.165) is 10.5 Å². The Morgan fingerprint density at radius 2 is 2.36 bits per heavy atom. The number of thioether (sulfide) groups is 1. The highest BCUT2D eigenvalue weighted by Gasteiger charge is 2.57. The summed E-state index contributed by atoms with van der Waals surface area (Å²) in [7, 11) is 1.91. The minimum Gasteiger partial charge on any atom is -0.378 e. The zero-order valence-electron chi connectivity index (χ0n) is 13.4. The quantitative estimate of drug-likeness (QED) is 0.607. The van der Waals surface area contributed by atoms with Crippen molar-refractivity contribution >= 4 is 46.2 Å². The predicted molar refractivity (Wildman–Crippen MR) is 102 cm³/mol. The Balaban J connectivity index is 1.66. The number of hydrogen-bond donors (Lipinski definition) is 1. The van der Waals surface area contributed by atoms with Crippen LogP contribution in [0.3, 0.4) is 0 Å². The smallest absolute Gasteiger partial charge is 0.201 e. The van der Waals surface area contributed by atoms with E-state index in [-0.39, 0.29) is 15.9 Å². The first kappa shape index (κ1) is 17.0. The molecule has 130 valence electrons. The summed E-state index contributed by atoms with van der Waals surface area (Å²) < 4.78 is 7.65. The highest BCUT2D eigenvalue weighted by Crippen LogP contribution is 2.52. The molecule has 2 N–H and O–H groups in total. The molecule has 4 rings (SSSR count). The van der Waals surface area contributed by atoms with Gasteiger partial charge in [0.25, 0.3) is 0 Å². The first-order chi connectivity index (χ1) is 12.0. The summed E-state index contributed by atoms with van der Waals surface area (Å²) in [5.41, 5.74) is 7.09. The Bertz CT molecular complexity index is 810. The molecule has 4 unspecified atom stereocenters. The number of nitrogens with zero attached hydrogens (tertiary/aromatic N) is 4. The Hall–Kier alpha value is -1.40. The minimum atomic E-state index is -0.448. The summed E-state index contributed by atoms with van der Waals surface area (Å²) in [4.78, 5) is 9.99. The third kappa shape index (κ3) is 2.79. The summed E-state index contributed by atoms with van der Waals surface area (Å²) >= 11 is 10.0. The third-order valence-electron chi connectivity index (χ3n) is 4.59. The molecule has 1 aromatic rings. The summed E-state index contributed by atoms with van der Waals surface area (Å²) in [6.45, 7) is 1.14. The Labute approximate surface area is 159 Å². The number of hydrogen-bond acceptors (Lipinski definition) is 8. The van der Waals surface area contributed by atoms with E-state index >= 15 is 0 Å². The van der Waals surface area contributed by atoms with Gasteiger partial charge in [-0.25, -0.2) is 4.99 Å². The average molecular weight is 394 g/mol. The lowest BCUT2D eigenvalue weighted by Gasteiger charge is -2.41. The molecule has 4 heterocycles. The van der Waals surface area contributed by atoms with Crippen molar-refractivity contribution in [3.05, 3.63) is 35.7 Å². The zero-order chi connectivity index (χ0) is 17.6. The molecule has 4 atom stereocenters. The van der Waals surface area contributed by atoms with Crippen LogP contribution in [0.2, 0.25) is 0 Å². The summed E-state index contributed by atoms with van der Waals surface area (Å²) in [5.74, 6) is 0.498. The zero-order valence-corrected chi connectivity index (χ0v) is 15.8. The van der Waals surface area contributed by atoms with Gasteiger partial charge in [0.05, 0.1) is 34.7 Å². The fraction of sp³-hybridized carbons (Fsp3) is 0.438. The SMILES string of the molecule is CN1SC2COCC2(C2SC(c3cncc(C#N)c3)=CC2Cl)N=C1N. The first-order valence-electron chi connectivity index (χ1n) is 7.75. The standard InChI is InChI=1S/C16H16ClN5OS2/c1-22-15(19)21-16(8-23-7-13(16)25-22)14-11(17)3-12(24-14)10-2-9(4-18)5-20-6-10/h2-3,5-6,11,13-14H,7-8H2,1H3,(H2,19,21). The van der Waals surface area contributed by atoms with Crippen molar-refractivity contribution in [1.82, 2.24) is 9.29 Å². The fourth-order valence-corrected chi connectivity index (χ4v) is 6.54. The molecule has 25 heavy (non-hydrogen) atoms. The van der Waals surface area contributed by atoms with Crippen LogP contribution < -0.4 is 5.73 Å². The number of allylic oxidation sites excluding steroid dienone is 1. The van der Waals surface area contributed by atoms with Gasteiger partial charge in [0, 0.05) is 29.9 Å². The molecule has 3 aliphatic rings. The third-order valence-corrected chi connectivity index (χ3v) is 8.00. The average Bonchev–Trinajstić information content (AvgIpc) is 3.19. The van der Waals surface area contributed by atoms with Crippen LogP contribution in [0.4, 0.5) is 0 Å². The molecule has 3 aliphatic heterocycles. The topological polar surface area (TPSA) is 87.5 Å². The van der Waals surface area contributed by atoms with E-state index in [9.17, 15) is 0 Å². The number of rotatable bonds is 2. The second-order valence-corrected chi connectivity index (χ2v) is 9.17. The van der Waals surface area contributed by atoms with Gasteiger partial charge >= 0.3 is 0 Å². The molecule has 1 aromatic heterocycles. The van der Waals surface area contributed by atoms with Gasteiger partial charge in [-0.05, 0) is 18.0 Å². The van der Waals surface area contributed by atoms with Gasteiger partial charge in [0.1, 0.15) is 11.6 Å². The van der Waals surface area contributed by atoms with Crippen molar-refractivity contribution in [1.29, 1.82) is 5.26 Å². The molecule has 0 spiro atoms. The van der Waals surface area contributed by atoms with Crippen LogP contribution in [-0.2, 0) is 4.74 Å². The molecule has 9 heteroatoms. The van der Waals surface area contributed by atoms with E-state index in [4.69, 9.17) is 32.3 Å². The van der Waals surface area contributed by atoms with E-state index < -0.39 is 5.54 Å². The number of halogens is 1. The maximum atomic E-state index is 9.09. The monoisotopic (exact) mass is 393 g/mol. The van der Waals surface area contributed by atoms with Gasteiger partial charge in [-0.15, -0.1) is 23.4 Å². The highest BCUT2D eigenvalue weighted by molar-refractivity contribution is 8.09. The molecule has 0 aliphatic carbocycles. The van der Waals surface area contributed by atoms with Crippen molar-refractivity contribution < 1.29 is 4.74 Å². The lowest BCUT2D eigenvalue weighted by Crippen LogP contribution is -2.55. The molecule has 0 aromatic carbocycles. The van der Waals surface area contributed by atoms with Crippen LogP contribution in [0.15, 0.2) is 29.5 Å². The largest absolute Gasteiger partial charge is 0.378 e. The van der Waals surface area contributed by atoms with Crippen LogP contribution in [0.5, 0.6) is 0 Å². The van der Waals surface area contributed by atoms with Crippen LogP contribution in [0, 0.1) is 11.3 Å². The number of aliphatic imine (C=N–C) groups is 1. The molecule has 0 amide bonds. The normalized spacial score (nSPS) is 34.3. The van der Waals surface area contributed by atoms with E-state index in [0.29, 0.717) is 24.7 Å². The van der Waals surface area contributed by atoms with Gasteiger partial charge in [0.2, 0.25) is 5.96 Å². The maximum Gasteiger partial charge on any atom is 0.201 e. The summed E-state index contributed by atoms with van der Waals surface area (Å²) in [6, 6.07) is 3.96. The molecule has 0 bridgehead atoms. The summed E-state index contributed by atoms with van der Waals surface area (Å²) in [6.07, 6.45) is 5.33. The number of fused-ring (bicyclic) bond motifs is 1. The van der Waals surface area contributed by atoms with Gasteiger partial charge in [-0.3, -0.25) is 9.29 Å². The second-order valence-electron chi connectivity index (χ2n) is 6.16. The molecular formula is C16H16ClN5OS2. The van der Waals surface area contributed by atoms with Gasteiger partial charge in [-0.1, -0.05) is 6.08 Å². The van der Waals surface area contributed by atoms with Gasteiger partial charge in [0.15, 0.2) is 0 Å². The summed E-state index contributed by atoms with van der Waals surface area (Å²) in [5, 5.41) is 9.09. The number of nitriles is 1. The number of pyridine rings is 1. The van der Waals surface area contributed by atoms with E-state index in [1.165, 1.54) is 0 Å². The molecule has 0 radical (unpaired) electrons. The number of alkyl halides is 1. The van der Waals surface area contributed by atoms with Gasteiger partial charge < -0.3 is 10.5 Å². The highest BCUT2D eigenvalue weighted by atomic mass is 35.5. The van der Waals surface area contributed by atoms with Crippen molar-refractivity contribution in [2.75, 3.05) is 20.3 Å². The van der Waals surface area contributed by atoms with Crippen LogP contribution >= 0.6 is 35.3 Å². The fourth-order valence-electron chi connectivity index (χ4n) is 3.30. The van der Waals surface area contributed by atoms with Crippen molar-refractivity contribution in [2.24, 2.45) is 10.7 Å². The Morgan fingerprint density at radius 3 is 3.16 bits per heavy atom. The van der Waals surface area contributed by atoms with Crippen molar-refractivity contribution in [3.8, 4) is 6.07 Å². The molecule has 1 fully saturated rings. The number of ether oxygens (including phenoxy) is 1. The minimum absolute atomic E-state index is 0.0159. The predicted octanol–water partition coefficient (Wildman–Crippen LogP) is 2.06. The second kappa shape index (κ2) is 6.40.